The molecule has 0 saturated carbocycles. The van der Waals surface area contributed by atoms with Crippen molar-refractivity contribution in [3.63, 3.8) is 0 Å². The number of amides is 1. The molecular weight excluding hydrogens is 364 g/mol. The molecule has 2 aliphatic rings. The van der Waals surface area contributed by atoms with Crippen LogP contribution in [0.1, 0.15) is 21.5 Å². The van der Waals surface area contributed by atoms with Crippen molar-refractivity contribution < 1.29 is 9.53 Å². The Balaban J connectivity index is 1.70. The van der Waals surface area contributed by atoms with Crippen LogP contribution in [0.4, 0.5) is 5.82 Å². The van der Waals surface area contributed by atoms with Crippen LogP contribution in [0.25, 0.3) is 11.3 Å². The average Bonchev–Trinajstić information content (AvgIpc) is 2.76. The summed E-state index contributed by atoms with van der Waals surface area (Å²) in [7, 11) is 2.10. The van der Waals surface area contributed by atoms with Crippen molar-refractivity contribution in [3.05, 3.63) is 47.0 Å². The molecule has 3 heterocycles. The first-order valence-corrected chi connectivity index (χ1v) is 10.4. The summed E-state index contributed by atoms with van der Waals surface area (Å²) in [6, 6.07) is 10.4. The molecule has 1 amide bonds. The van der Waals surface area contributed by atoms with E-state index in [2.05, 4.69) is 48.9 Å². The van der Waals surface area contributed by atoms with E-state index in [4.69, 9.17) is 9.72 Å². The van der Waals surface area contributed by atoms with Crippen LogP contribution in [0.2, 0.25) is 0 Å². The third-order valence-electron chi connectivity index (χ3n) is 6.01. The number of hydrogen-bond donors (Lipinski definition) is 0. The predicted molar refractivity (Wildman–Crippen MR) is 116 cm³/mol. The quantitative estimate of drug-likeness (QED) is 0.801. The highest BCUT2D eigenvalue weighted by atomic mass is 16.5. The first-order valence-electron chi connectivity index (χ1n) is 10.4. The van der Waals surface area contributed by atoms with Crippen molar-refractivity contribution in [2.75, 3.05) is 64.4 Å². The number of anilines is 1. The van der Waals surface area contributed by atoms with Gasteiger partial charge in [0, 0.05) is 44.8 Å². The van der Waals surface area contributed by atoms with Crippen molar-refractivity contribution in [1.29, 1.82) is 0 Å². The van der Waals surface area contributed by atoms with E-state index in [-0.39, 0.29) is 5.91 Å². The number of hydrogen-bond acceptors (Lipinski definition) is 5. The first-order chi connectivity index (χ1) is 14.0. The predicted octanol–water partition coefficient (Wildman–Crippen LogP) is 2.59. The van der Waals surface area contributed by atoms with Crippen molar-refractivity contribution in [3.8, 4) is 11.3 Å². The molecule has 0 spiro atoms. The van der Waals surface area contributed by atoms with Gasteiger partial charge < -0.3 is 19.4 Å². The molecule has 2 aromatic rings. The van der Waals surface area contributed by atoms with Crippen LogP contribution in [0.5, 0.6) is 0 Å². The Morgan fingerprint density at radius 2 is 1.66 bits per heavy atom. The number of benzene rings is 1. The topological polar surface area (TPSA) is 48.9 Å². The van der Waals surface area contributed by atoms with Crippen LogP contribution >= 0.6 is 0 Å². The number of pyridine rings is 1. The van der Waals surface area contributed by atoms with E-state index in [9.17, 15) is 4.79 Å². The monoisotopic (exact) mass is 394 g/mol. The average molecular weight is 395 g/mol. The van der Waals surface area contributed by atoms with Crippen molar-refractivity contribution in [2.24, 2.45) is 0 Å². The van der Waals surface area contributed by atoms with Gasteiger partial charge in [0.05, 0.1) is 24.5 Å². The van der Waals surface area contributed by atoms with E-state index in [0.29, 0.717) is 18.8 Å². The number of rotatable bonds is 3. The Bertz CT molecular complexity index is 884. The van der Waals surface area contributed by atoms with Gasteiger partial charge >= 0.3 is 0 Å². The molecule has 154 valence electrons. The smallest absolute Gasteiger partial charge is 0.257 e. The summed E-state index contributed by atoms with van der Waals surface area (Å²) in [5.74, 6) is 0.867. The fourth-order valence-electron chi connectivity index (χ4n) is 3.87. The van der Waals surface area contributed by atoms with Crippen LogP contribution < -0.4 is 4.90 Å². The van der Waals surface area contributed by atoms with Crippen LogP contribution in [0, 0.1) is 13.8 Å². The molecule has 2 aliphatic heterocycles. The molecule has 4 rings (SSSR count). The molecule has 0 aliphatic carbocycles. The SMILES string of the molecule is Cc1ccc(-c2ccc(C(=O)N3CCN(C)CC3)c(N3CCOCC3)n2)cc1C. The molecule has 29 heavy (non-hydrogen) atoms. The number of aromatic nitrogens is 1. The number of ether oxygens (including phenoxy) is 1. The summed E-state index contributed by atoms with van der Waals surface area (Å²) in [5.41, 5.74) is 5.20. The van der Waals surface area contributed by atoms with Gasteiger partial charge in [-0.3, -0.25) is 4.79 Å². The lowest BCUT2D eigenvalue weighted by atomic mass is 10.0. The van der Waals surface area contributed by atoms with Gasteiger partial charge in [0.25, 0.3) is 5.91 Å². The van der Waals surface area contributed by atoms with Crippen molar-refractivity contribution in [2.45, 2.75) is 13.8 Å². The normalized spacial score (nSPS) is 18.2. The summed E-state index contributed by atoms with van der Waals surface area (Å²) in [6.45, 7) is 10.4. The highest BCUT2D eigenvalue weighted by Crippen LogP contribution is 2.27. The molecule has 1 aromatic heterocycles. The number of carbonyl (C=O) groups excluding carboxylic acids is 1. The summed E-state index contributed by atoms with van der Waals surface area (Å²) in [6.07, 6.45) is 0. The van der Waals surface area contributed by atoms with Gasteiger partial charge in [0.2, 0.25) is 0 Å². The van der Waals surface area contributed by atoms with Gasteiger partial charge in [-0.25, -0.2) is 4.98 Å². The molecule has 0 radical (unpaired) electrons. The second-order valence-electron chi connectivity index (χ2n) is 8.06. The Labute approximate surface area is 173 Å². The maximum Gasteiger partial charge on any atom is 0.257 e. The highest BCUT2D eigenvalue weighted by Gasteiger charge is 2.26. The lowest BCUT2D eigenvalue weighted by molar-refractivity contribution is 0.0663. The molecule has 0 N–H and O–H groups in total. The zero-order chi connectivity index (χ0) is 20.4. The van der Waals surface area contributed by atoms with Crippen LogP contribution in [0.3, 0.4) is 0 Å². The molecule has 2 fully saturated rings. The number of morpholine rings is 1. The maximum atomic E-state index is 13.3. The maximum absolute atomic E-state index is 13.3. The van der Waals surface area contributed by atoms with Crippen molar-refractivity contribution in [1.82, 2.24) is 14.8 Å². The molecule has 6 nitrogen and oxygen atoms in total. The minimum Gasteiger partial charge on any atom is -0.378 e. The number of aryl methyl sites for hydroxylation is 2. The van der Waals surface area contributed by atoms with Gasteiger partial charge in [0.1, 0.15) is 5.82 Å². The Morgan fingerprint density at radius 3 is 2.34 bits per heavy atom. The first kappa shape index (κ1) is 19.9. The fraction of sp³-hybridized carbons (Fsp3) is 0.478. The second-order valence-corrected chi connectivity index (χ2v) is 8.06. The summed E-state index contributed by atoms with van der Waals surface area (Å²) < 4.78 is 5.52. The van der Waals surface area contributed by atoms with Crippen LogP contribution in [0.15, 0.2) is 30.3 Å². The number of piperazine rings is 1. The summed E-state index contributed by atoms with van der Waals surface area (Å²) >= 11 is 0. The molecule has 0 unspecified atom stereocenters. The standard InChI is InChI=1S/C23H30N4O2/c1-17-4-5-19(16-18(17)2)21-7-6-20(22(24-21)26-12-14-29-15-13-26)23(28)27-10-8-25(3)9-11-27/h4-7,16H,8-15H2,1-3H3. The Hall–Kier alpha value is -2.44. The summed E-state index contributed by atoms with van der Waals surface area (Å²) in [5, 5.41) is 0. The molecule has 0 atom stereocenters. The Kier molecular flexibility index (Phi) is 5.83. The lowest BCUT2D eigenvalue weighted by Crippen LogP contribution is -2.47. The van der Waals surface area contributed by atoms with E-state index in [0.717, 1.165) is 56.3 Å². The van der Waals surface area contributed by atoms with E-state index in [1.165, 1.54) is 11.1 Å². The van der Waals surface area contributed by atoms with Gasteiger partial charge in [0.15, 0.2) is 0 Å². The van der Waals surface area contributed by atoms with E-state index >= 15 is 0 Å². The summed E-state index contributed by atoms with van der Waals surface area (Å²) in [4.78, 5) is 24.7. The molecule has 2 saturated heterocycles. The number of nitrogens with zero attached hydrogens (tertiary/aromatic N) is 4. The molecule has 1 aromatic carbocycles. The third kappa shape index (κ3) is 4.28. The Morgan fingerprint density at radius 1 is 0.931 bits per heavy atom. The van der Waals surface area contributed by atoms with Gasteiger partial charge in [-0.2, -0.15) is 0 Å². The number of likely N-dealkylation sites (N-methyl/N-ethyl adjacent to an activating group) is 1. The fourth-order valence-corrected chi connectivity index (χ4v) is 3.87. The molecular formula is C23H30N4O2. The van der Waals surface area contributed by atoms with Crippen LogP contribution in [-0.4, -0.2) is 80.2 Å². The molecule has 6 heteroatoms. The third-order valence-corrected chi connectivity index (χ3v) is 6.01. The van der Waals surface area contributed by atoms with E-state index in [1.54, 1.807) is 0 Å². The highest BCUT2D eigenvalue weighted by molar-refractivity contribution is 5.99. The minimum atomic E-state index is 0.0822. The van der Waals surface area contributed by atoms with Crippen LogP contribution in [-0.2, 0) is 4.74 Å². The molecule has 0 bridgehead atoms. The second kappa shape index (κ2) is 8.51. The zero-order valence-corrected chi connectivity index (χ0v) is 17.6. The minimum absolute atomic E-state index is 0.0822. The lowest BCUT2D eigenvalue weighted by Gasteiger charge is -2.34. The van der Waals surface area contributed by atoms with E-state index in [1.807, 2.05) is 17.0 Å². The van der Waals surface area contributed by atoms with Gasteiger partial charge in [-0.1, -0.05) is 12.1 Å². The zero-order valence-electron chi connectivity index (χ0n) is 17.6. The van der Waals surface area contributed by atoms with Gasteiger partial charge in [-0.05, 0) is 50.2 Å². The number of carbonyl (C=O) groups is 1. The largest absolute Gasteiger partial charge is 0.378 e. The van der Waals surface area contributed by atoms with Crippen molar-refractivity contribution >= 4 is 11.7 Å². The van der Waals surface area contributed by atoms with E-state index < -0.39 is 0 Å². The van der Waals surface area contributed by atoms with Gasteiger partial charge in [-0.15, -0.1) is 0 Å².